The van der Waals surface area contributed by atoms with Gasteiger partial charge in [0.15, 0.2) is 0 Å². The standard InChI is InChI=1S/C14H21NO5S/c1-4-10-20-13-8-6-12(7-9-13)15(11(3)14(16)17)21(18,19)5-2/h6-9,11H,4-5,10H2,1-3H3,(H,16,17). The van der Waals surface area contributed by atoms with Crippen molar-refractivity contribution in [3.63, 3.8) is 0 Å². The number of carboxylic acids is 1. The van der Waals surface area contributed by atoms with Crippen LogP contribution in [0.1, 0.15) is 27.2 Å². The molecule has 0 saturated carbocycles. The molecule has 0 spiro atoms. The van der Waals surface area contributed by atoms with Crippen LogP contribution < -0.4 is 9.04 Å². The number of rotatable bonds is 8. The van der Waals surface area contributed by atoms with Gasteiger partial charge in [0.25, 0.3) is 0 Å². The Morgan fingerprint density at radius 3 is 2.29 bits per heavy atom. The highest BCUT2D eigenvalue weighted by atomic mass is 32.2. The zero-order valence-electron chi connectivity index (χ0n) is 12.4. The molecule has 1 aromatic rings. The molecule has 1 aromatic carbocycles. The summed E-state index contributed by atoms with van der Waals surface area (Å²) in [4.78, 5) is 11.2. The highest BCUT2D eigenvalue weighted by molar-refractivity contribution is 7.92. The number of hydrogen-bond acceptors (Lipinski definition) is 4. The quantitative estimate of drug-likeness (QED) is 0.794. The van der Waals surface area contributed by atoms with Crippen LogP contribution in [0.5, 0.6) is 5.75 Å². The van der Waals surface area contributed by atoms with Crippen molar-refractivity contribution in [2.75, 3.05) is 16.7 Å². The molecule has 0 aliphatic carbocycles. The Morgan fingerprint density at radius 1 is 1.29 bits per heavy atom. The maximum absolute atomic E-state index is 12.1. The van der Waals surface area contributed by atoms with Gasteiger partial charge in [-0.25, -0.2) is 13.2 Å². The van der Waals surface area contributed by atoms with Crippen molar-refractivity contribution in [3.05, 3.63) is 24.3 Å². The Balaban J connectivity index is 3.12. The molecule has 1 rings (SSSR count). The monoisotopic (exact) mass is 315 g/mol. The molecule has 0 aromatic heterocycles. The molecule has 0 saturated heterocycles. The summed E-state index contributed by atoms with van der Waals surface area (Å²) in [5, 5.41) is 9.11. The van der Waals surface area contributed by atoms with Gasteiger partial charge >= 0.3 is 5.97 Å². The fourth-order valence-corrected chi connectivity index (χ4v) is 3.07. The van der Waals surface area contributed by atoms with Crippen LogP contribution in [-0.2, 0) is 14.8 Å². The number of benzene rings is 1. The van der Waals surface area contributed by atoms with Gasteiger partial charge in [-0.2, -0.15) is 0 Å². The molecule has 0 aliphatic heterocycles. The molecule has 6 nitrogen and oxygen atoms in total. The average molecular weight is 315 g/mol. The van der Waals surface area contributed by atoms with E-state index in [0.717, 1.165) is 10.7 Å². The molecule has 0 radical (unpaired) electrons. The number of ether oxygens (including phenoxy) is 1. The summed E-state index contributed by atoms with van der Waals surface area (Å²) in [6.45, 7) is 5.38. The van der Waals surface area contributed by atoms with Crippen molar-refractivity contribution in [2.24, 2.45) is 0 Å². The van der Waals surface area contributed by atoms with Gasteiger partial charge in [-0.3, -0.25) is 4.31 Å². The van der Waals surface area contributed by atoms with Crippen molar-refractivity contribution < 1.29 is 23.1 Å². The molecule has 7 heteroatoms. The van der Waals surface area contributed by atoms with E-state index in [0.29, 0.717) is 18.0 Å². The summed E-state index contributed by atoms with van der Waals surface area (Å²) >= 11 is 0. The molecular weight excluding hydrogens is 294 g/mol. The Hall–Kier alpha value is -1.76. The lowest BCUT2D eigenvalue weighted by Gasteiger charge is -2.27. The van der Waals surface area contributed by atoms with E-state index in [1.54, 1.807) is 24.3 Å². The van der Waals surface area contributed by atoms with Crippen LogP contribution in [-0.4, -0.2) is 37.9 Å². The molecule has 21 heavy (non-hydrogen) atoms. The first-order valence-corrected chi connectivity index (χ1v) is 8.42. The Morgan fingerprint density at radius 2 is 1.86 bits per heavy atom. The topological polar surface area (TPSA) is 83.9 Å². The first-order valence-electron chi connectivity index (χ1n) is 6.81. The van der Waals surface area contributed by atoms with Gasteiger partial charge in [-0.1, -0.05) is 6.92 Å². The predicted octanol–water partition coefficient (Wildman–Crippen LogP) is 2.10. The lowest BCUT2D eigenvalue weighted by atomic mass is 10.2. The first kappa shape index (κ1) is 17.3. The number of hydrogen-bond donors (Lipinski definition) is 1. The Kier molecular flexibility index (Phi) is 6.02. The zero-order valence-corrected chi connectivity index (χ0v) is 13.3. The number of sulfonamides is 1. The minimum absolute atomic E-state index is 0.168. The van der Waals surface area contributed by atoms with Crippen LogP contribution in [0, 0.1) is 0 Å². The number of carboxylic acid groups (broad SMARTS) is 1. The van der Waals surface area contributed by atoms with Crippen LogP contribution in [0.3, 0.4) is 0 Å². The normalized spacial score (nSPS) is 12.7. The number of aliphatic carboxylic acids is 1. The number of nitrogens with zero attached hydrogens (tertiary/aromatic N) is 1. The van der Waals surface area contributed by atoms with Gasteiger partial charge in [0, 0.05) is 0 Å². The van der Waals surface area contributed by atoms with E-state index < -0.39 is 22.0 Å². The average Bonchev–Trinajstić information content (AvgIpc) is 2.46. The van der Waals surface area contributed by atoms with Crippen molar-refractivity contribution >= 4 is 21.7 Å². The zero-order chi connectivity index (χ0) is 16.0. The molecule has 1 N–H and O–H groups in total. The van der Waals surface area contributed by atoms with Crippen LogP contribution in [0.4, 0.5) is 5.69 Å². The third-order valence-electron chi connectivity index (χ3n) is 2.94. The fourth-order valence-electron chi connectivity index (χ4n) is 1.77. The lowest BCUT2D eigenvalue weighted by molar-refractivity contribution is -0.137. The largest absolute Gasteiger partial charge is 0.494 e. The second-order valence-corrected chi connectivity index (χ2v) is 6.69. The van der Waals surface area contributed by atoms with E-state index in [2.05, 4.69) is 0 Å². The SMILES string of the molecule is CCCOc1ccc(N(C(C)C(=O)O)S(=O)(=O)CC)cc1. The molecular formula is C14H21NO5S. The summed E-state index contributed by atoms with van der Waals surface area (Å²) in [7, 11) is -3.68. The molecule has 1 unspecified atom stereocenters. The highest BCUT2D eigenvalue weighted by Crippen LogP contribution is 2.24. The second-order valence-electron chi connectivity index (χ2n) is 4.55. The van der Waals surface area contributed by atoms with Gasteiger partial charge in [-0.15, -0.1) is 0 Å². The smallest absolute Gasteiger partial charge is 0.327 e. The molecule has 0 heterocycles. The molecule has 0 fully saturated rings. The van der Waals surface area contributed by atoms with E-state index in [1.807, 2.05) is 6.92 Å². The van der Waals surface area contributed by atoms with Crippen LogP contribution in [0.15, 0.2) is 24.3 Å². The summed E-state index contributed by atoms with van der Waals surface area (Å²) in [5.41, 5.74) is 0.315. The van der Waals surface area contributed by atoms with E-state index in [1.165, 1.54) is 13.8 Å². The molecule has 0 bridgehead atoms. The van der Waals surface area contributed by atoms with Gasteiger partial charge < -0.3 is 9.84 Å². The predicted molar refractivity (Wildman–Crippen MR) is 81.3 cm³/mol. The number of carbonyl (C=O) groups is 1. The first-order chi connectivity index (χ1) is 9.83. The van der Waals surface area contributed by atoms with E-state index in [9.17, 15) is 13.2 Å². The van der Waals surface area contributed by atoms with Gasteiger partial charge in [0.1, 0.15) is 11.8 Å². The molecule has 0 amide bonds. The van der Waals surface area contributed by atoms with Crippen molar-refractivity contribution in [3.8, 4) is 5.75 Å². The summed E-state index contributed by atoms with van der Waals surface area (Å²) in [6.07, 6.45) is 0.869. The van der Waals surface area contributed by atoms with E-state index in [4.69, 9.17) is 9.84 Å². The minimum Gasteiger partial charge on any atom is -0.494 e. The highest BCUT2D eigenvalue weighted by Gasteiger charge is 2.30. The summed E-state index contributed by atoms with van der Waals surface area (Å²) in [6, 6.07) is 5.21. The van der Waals surface area contributed by atoms with Gasteiger partial charge in [0.2, 0.25) is 10.0 Å². The maximum Gasteiger partial charge on any atom is 0.327 e. The summed E-state index contributed by atoms with van der Waals surface area (Å²) in [5.74, 6) is -0.741. The van der Waals surface area contributed by atoms with E-state index in [-0.39, 0.29) is 5.75 Å². The minimum atomic E-state index is -3.68. The molecule has 1 atom stereocenters. The van der Waals surface area contributed by atoms with Crippen molar-refractivity contribution in [2.45, 2.75) is 33.2 Å². The van der Waals surface area contributed by atoms with Crippen molar-refractivity contribution in [1.82, 2.24) is 0 Å². The number of anilines is 1. The molecule has 118 valence electrons. The van der Waals surface area contributed by atoms with Crippen LogP contribution >= 0.6 is 0 Å². The maximum atomic E-state index is 12.1. The summed E-state index contributed by atoms with van der Waals surface area (Å²) < 4.78 is 30.6. The fraction of sp³-hybridized carbons (Fsp3) is 0.500. The third-order valence-corrected chi connectivity index (χ3v) is 4.79. The lowest BCUT2D eigenvalue weighted by Crippen LogP contribution is -2.44. The second kappa shape index (κ2) is 7.31. The van der Waals surface area contributed by atoms with Gasteiger partial charge in [-0.05, 0) is 44.5 Å². The van der Waals surface area contributed by atoms with Gasteiger partial charge in [0.05, 0.1) is 18.0 Å². The molecule has 0 aliphatic rings. The third kappa shape index (κ3) is 4.35. The van der Waals surface area contributed by atoms with Crippen LogP contribution in [0.25, 0.3) is 0 Å². The van der Waals surface area contributed by atoms with Crippen LogP contribution in [0.2, 0.25) is 0 Å². The van der Waals surface area contributed by atoms with E-state index >= 15 is 0 Å². The Labute approximate surface area is 125 Å². The van der Waals surface area contributed by atoms with Crippen molar-refractivity contribution in [1.29, 1.82) is 0 Å². The Bertz CT molecular complexity index is 568.